The van der Waals surface area contributed by atoms with Gasteiger partial charge in [0.15, 0.2) is 0 Å². The Morgan fingerprint density at radius 3 is 2.44 bits per heavy atom. The van der Waals surface area contributed by atoms with Crippen LogP contribution in [0.25, 0.3) is 0 Å². The zero-order valence-corrected chi connectivity index (χ0v) is 19.6. The van der Waals surface area contributed by atoms with Crippen LogP contribution in [0.1, 0.15) is 23.1 Å². The summed E-state index contributed by atoms with van der Waals surface area (Å²) in [6.45, 7) is -0.567. The van der Waals surface area contributed by atoms with Crippen molar-refractivity contribution in [3.05, 3.63) is 59.2 Å². The number of ketones is 1. The van der Waals surface area contributed by atoms with Gasteiger partial charge in [0.05, 0.1) is 23.7 Å². The number of hydrogen-bond acceptors (Lipinski definition) is 5. The molecule has 1 saturated heterocycles. The van der Waals surface area contributed by atoms with Crippen molar-refractivity contribution in [3.8, 4) is 5.75 Å². The Hall–Kier alpha value is -2.64. The summed E-state index contributed by atoms with van der Waals surface area (Å²) in [5, 5.41) is 0. The molecule has 6 nitrogen and oxygen atoms in total. The van der Waals surface area contributed by atoms with Gasteiger partial charge in [-0.3, -0.25) is 4.79 Å². The summed E-state index contributed by atoms with van der Waals surface area (Å²) in [6.07, 6.45) is -9.41. The van der Waals surface area contributed by atoms with Crippen LogP contribution in [0.4, 0.5) is 26.3 Å². The molecule has 1 aliphatic heterocycles. The van der Waals surface area contributed by atoms with E-state index in [0.29, 0.717) is 13.2 Å². The van der Waals surface area contributed by atoms with Gasteiger partial charge in [0.2, 0.25) is 10.0 Å². The first-order chi connectivity index (χ1) is 16.7. The summed E-state index contributed by atoms with van der Waals surface area (Å²) < 4.78 is 114. The van der Waals surface area contributed by atoms with Crippen LogP contribution < -0.4 is 9.46 Å². The molecular formula is C23H23F6NO5S. The maximum absolute atomic E-state index is 13.0. The van der Waals surface area contributed by atoms with Gasteiger partial charge in [-0.25, -0.2) is 13.1 Å². The molecule has 0 amide bonds. The van der Waals surface area contributed by atoms with E-state index >= 15 is 0 Å². The van der Waals surface area contributed by atoms with Crippen LogP contribution in [0, 0.1) is 5.92 Å². The minimum Gasteiger partial charge on any atom is -0.493 e. The number of alkyl halides is 6. The van der Waals surface area contributed by atoms with E-state index in [0.717, 1.165) is 30.7 Å². The first-order valence-electron chi connectivity index (χ1n) is 10.8. The number of rotatable bonds is 10. The number of carbonyl (C=O) groups is 1. The molecule has 0 bridgehead atoms. The number of nitrogens with one attached hydrogen (secondary N) is 1. The molecule has 13 heteroatoms. The van der Waals surface area contributed by atoms with E-state index in [1.165, 1.54) is 22.9 Å². The lowest BCUT2D eigenvalue weighted by Gasteiger charge is -2.16. The standard InChI is InChI=1S/C23H23F6NO5S/c24-22(25,26)14-30-36(32,33)20-4-5-21(35-13-16-6-7-34-12-16)17(11-20)10-19(31)9-15-2-1-3-18(8-15)23(27,28)29/h1-5,8,11,16,30H,6-7,9-10,12-14H2. The third-order valence-electron chi connectivity index (χ3n) is 5.35. The van der Waals surface area contributed by atoms with Crippen molar-refractivity contribution in [1.82, 2.24) is 4.72 Å². The molecule has 2 aromatic carbocycles. The Morgan fingerprint density at radius 1 is 1.06 bits per heavy atom. The fourth-order valence-electron chi connectivity index (χ4n) is 3.54. The van der Waals surface area contributed by atoms with Crippen LogP contribution >= 0.6 is 0 Å². The summed E-state index contributed by atoms with van der Waals surface area (Å²) in [5.41, 5.74) is -0.726. The fraction of sp³-hybridized carbons (Fsp3) is 0.435. The SMILES string of the molecule is O=C(Cc1cccc(C(F)(F)F)c1)Cc1cc(S(=O)(=O)NCC(F)(F)F)ccc1OCC1CCOC1. The molecule has 2 aromatic rings. The predicted molar refractivity (Wildman–Crippen MR) is 116 cm³/mol. The summed E-state index contributed by atoms with van der Waals surface area (Å²) in [6, 6.07) is 7.57. The molecule has 1 fully saturated rings. The number of sulfonamides is 1. The number of carbonyl (C=O) groups excluding carboxylic acids is 1. The number of hydrogen-bond donors (Lipinski definition) is 1. The van der Waals surface area contributed by atoms with E-state index < -0.39 is 51.6 Å². The van der Waals surface area contributed by atoms with E-state index in [1.54, 1.807) is 0 Å². The van der Waals surface area contributed by atoms with Crippen molar-refractivity contribution in [2.75, 3.05) is 26.4 Å². The van der Waals surface area contributed by atoms with Crippen LogP contribution in [0.15, 0.2) is 47.4 Å². The second-order valence-corrected chi connectivity index (χ2v) is 10.1. The molecule has 0 saturated carbocycles. The highest BCUT2D eigenvalue weighted by Gasteiger charge is 2.31. The summed E-state index contributed by atoms with van der Waals surface area (Å²) in [4.78, 5) is 12.2. The van der Waals surface area contributed by atoms with Gasteiger partial charge < -0.3 is 9.47 Å². The number of Topliss-reactive ketones (excluding diaryl/α,β-unsaturated/α-hetero) is 1. The lowest BCUT2D eigenvalue weighted by molar-refractivity contribution is -0.137. The lowest BCUT2D eigenvalue weighted by Crippen LogP contribution is -2.33. The van der Waals surface area contributed by atoms with Crippen molar-refractivity contribution in [1.29, 1.82) is 0 Å². The summed E-state index contributed by atoms with van der Waals surface area (Å²) >= 11 is 0. The van der Waals surface area contributed by atoms with E-state index in [2.05, 4.69) is 0 Å². The minimum atomic E-state index is -4.77. The first-order valence-corrected chi connectivity index (χ1v) is 12.3. The Labute approximate surface area is 203 Å². The number of halogens is 6. The Morgan fingerprint density at radius 2 is 1.81 bits per heavy atom. The van der Waals surface area contributed by atoms with Crippen molar-refractivity contribution in [2.45, 2.75) is 36.5 Å². The van der Waals surface area contributed by atoms with Crippen molar-refractivity contribution < 1.29 is 49.0 Å². The molecule has 3 rings (SSSR count). The van der Waals surface area contributed by atoms with Gasteiger partial charge in [0.25, 0.3) is 0 Å². The summed E-state index contributed by atoms with van der Waals surface area (Å²) in [7, 11) is -4.56. The molecule has 0 spiro atoms. The van der Waals surface area contributed by atoms with Gasteiger partial charge in [0.1, 0.15) is 18.1 Å². The van der Waals surface area contributed by atoms with Gasteiger partial charge in [-0.05, 0) is 36.2 Å². The lowest BCUT2D eigenvalue weighted by atomic mass is 10.0. The molecule has 0 aromatic heterocycles. The molecule has 36 heavy (non-hydrogen) atoms. The van der Waals surface area contributed by atoms with Crippen molar-refractivity contribution in [3.63, 3.8) is 0 Å². The zero-order chi connectivity index (χ0) is 26.6. The zero-order valence-electron chi connectivity index (χ0n) is 18.8. The minimum absolute atomic E-state index is 0.0653. The molecule has 1 N–H and O–H groups in total. The van der Waals surface area contributed by atoms with Crippen LogP contribution in [-0.4, -0.2) is 46.7 Å². The molecule has 0 radical (unpaired) electrons. The predicted octanol–water partition coefficient (Wildman–Crippen LogP) is 4.32. The second-order valence-electron chi connectivity index (χ2n) is 8.34. The fourth-order valence-corrected chi connectivity index (χ4v) is 4.61. The monoisotopic (exact) mass is 539 g/mol. The molecule has 1 unspecified atom stereocenters. The molecule has 198 valence electrons. The highest BCUT2D eigenvalue weighted by molar-refractivity contribution is 7.89. The number of benzene rings is 2. The molecule has 1 atom stereocenters. The molecule has 1 aliphatic rings. The van der Waals surface area contributed by atoms with Crippen LogP contribution in [0.2, 0.25) is 0 Å². The average molecular weight is 539 g/mol. The van der Waals surface area contributed by atoms with E-state index in [1.807, 2.05) is 0 Å². The van der Waals surface area contributed by atoms with Gasteiger partial charge in [-0.15, -0.1) is 0 Å². The van der Waals surface area contributed by atoms with Crippen LogP contribution in [0.3, 0.4) is 0 Å². The maximum atomic E-state index is 13.0. The van der Waals surface area contributed by atoms with Gasteiger partial charge in [-0.2, -0.15) is 26.3 Å². The molecular weight excluding hydrogens is 516 g/mol. The van der Waals surface area contributed by atoms with Gasteiger partial charge >= 0.3 is 12.4 Å². The highest BCUT2D eigenvalue weighted by atomic mass is 32.2. The smallest absolute Gasteiger partial charge is 0.416 e. The summed E-state index contributed by atoms with van der Waals surface area (Å²) in [5.74, 6) is -0.328. The third-order valence-corrected chi connectivity index (χ3v) is 6.75. The first kappa shape index (κ1) is 27.9. The van der Waals surface area contributed by atoms with E-state index in [9.17, 15) is 39.6 Å². The molecule has 1 heterocycles. The van der Waals surface area contributed by atoms with Crippen LogP contribution in [-0.2, 0) is 38.6 Å². The maximum Gasteiger partial charge on any atom is 0.416 e. The van der Waals surface area contributed by atoms with Gasteiger partial charge in [0, 0.05) is 30.9 Å². The Balaban J connectivity index is 1.82. The van der Waals surface area contributed by atoms with Gasteiger partial charge in [-0.1, -0.05) is 18.2 Å². The quantitative estimate of drug-likeness (QED) is 0.455. The molecule has 0 aliphatic carbocycles. The van der Waals surface area contributed by atoms with Crippen LogP contribution in [0.5, 0.6) is 5.75 Å². The number of ether oxygens (including phenoxy) is 2. The second kappa shape index (κ2) is 11.2. The topological polar surface area (TPSA) is 81.7 Å². The highest BCUT2D eigenvalue weighted by Crippen LogP contribution is 2.30. The third kappa shape index (κ3) is 8.20. The van der Waals surface area contributed by atoms with E-state index in [4.69, 9.17) is 9.47 Å². The Bertz CT molecular complexity index is 1170. The largest absolute Gasteiger partial charge is 0.493 e. The average Bonchev–Trinajstić information content (AvgIpc) is 3.30. The Kier molecular flexibility index (Phi) is 8.67. The van der Waals surface area contributed by atoms with Crippen molar-refractivity contribution >= 4 is 15.8 Å². The normalized spacial score (nSPS) is 16.8. The van der Waals surface area contributed by atoms with E-state index in [-0.39, 0.29) is 35.8 Å². The van der Waals surface area contributed by atoms with Crippen molar-refractivity contribution in [2.24, 2.45) is 5.92 Å².